The Bertz CT molecular complexity index is 623. The van der Waals surface area contributed by atoms with Gasteiger partial charge in [-0.05, 0) is 39.0 Å². The van der Waals surface area contributed by atoms with Crippen LogP contribution < -0.4 is 5.32 Å². The molecule has 19 heavy (non-hydrogen) atoms. The van der Waals surface area contributed by atoms with Crippen molar-refractivity contribution in [3.05, 3.63) is 46.6 Å². The van der Waals surface area contributed by atoms with Crippen molar-refractivity contribution in [1.29, 1.82) is 5.26 Å². The molecule has 0 saturated heterocycles. The van der Waals surface area contributed by atoms with Crippen molar-refractivity contribution in [1.82, 2.24) is 5.16 Å². The zero-order valence-corrected chi connectivity index (χ0v) is 11.0. The summed E-state index contributed by atoms with van der Waals surface area (Å²) >= 11 is 0. The van der Waals surface area contributed by atoms with Gasteiger partial charge in [-0.2, -0.15) is 5.26 Å². The first-order valence-electron chi connectivity index (χ1n) is 5.91. The van der Waals surface area contributed by atoms with E-state index >= 15 is 0 Å². The third-order valence-corrected chi connectivity index (χ3v) is 2.93. The number of benzene rings is 1. The molecule has 0 spiro atoms. The van der Waals surface area contributed by atoms with Crippen molar-refractivity contribution in [2.45, 2.75) is 26.8 Å². The summed E-state index contributed by atoms with van der Waals surface area (Å²) in [4.78, 5) is 0. The fourth-order valence-corrected chi connectivity index (χ4v) is 2.17. The molecule has 1 aromatic carbocycles. The van der Waals surface area contributed by atoms with Crippen molar-refractivity contribution in [3.8, 4) is 6.07 Å². The average Bonchev–Trinajstić information content (AvgIpc) is 2.68. The van der Waals surface area contributed by atoms with Gasteiger partial charge in [0, 0.05) is 11.3 Å². The molecule has 2 rings (SSSR count). The topological polar surface area (TPSA) is 61.9 Å². The van der Waals surface area contributed by atoms with Gasteiger partial charge in [0.25, 0.3) is 0 Å². The van der Waals surface area contributed by atoms with Crippen molar-refractivity contribution in [2.75, 3.05) is 5.32 Å². The van der Waals surface area contributed by atoms with Crippen LogP contribution in [0.1, 0.15) is 35.5 Å². The van der Waals surface area contributed by atoms with Gasteiger partial charge in [-0.15, -0.1) is 0 Å². The van der Waals surface area contributed by atoms with E-state index in [2.05, 4.69) is 10.5 Å². The molecular weight excluding hydrogens is 245 g/mol. The Hall–Kier alpha value is -2.35. The standard InChI is InChI=1S/C14H14FN3O/c1-8(14-9(2)18-19-10(14)3)17-13-5-11(7-16)4-12(15)6-13/h4-6,8,17H,1-3H3. The summed E-state index contributed by atoms with van der Waals surface area (Å²) in [6.07, 6.45) is 0. The molecule has 1 atom stereocenters. The second kappa shape index (κ2) is 5.11. The van der Waals surface area contributed by atoms with Crippen LogP contribution in [-0.2, 0) is 0 Å². The molecule has 5 heteroatoms. The van der Waals surface area contributed by atoms with Crippen LogP contribution in [0.15, 0.2) is 22.7 Å². The van der Waals surface area contributed by atoms with Crippen molar-refractivity contribution in [3.63, 3.8) is 0 Å². The van der Waals surface area contributed by atoms with Gasteiger partial charge in [-0.3, -0.25) is 0 Å². The highest BCUT2D eigenvalue weighted by Crippen LogP contribution is 2.25. The third kappa shape index (κ3) is 2.74. The normalized spacial score (nSPS) is 11.9. The molecule has 0 aliphatic rings. The van der Waals surface area contributed by atoms with Crippen LogP contribution in [0.5, 0.6) is 0 Å². The molecule has 1 heterocycles. The predicted octanol–water partition coefficient (Wildman–Crippen LogP) is 3.48. The largest absolute Gasteiger partial charge is 0.378 e. The van der Waals surface area contributed by atoms with Gasteiger partial charge < -0.3 is 9.84 Å². The van der Waals surface area contributed by atoms with Crippen LogP contribution in [0, 0.1) is 31.0 Å². The van der Waals surface area contributed by atoms with Gasteiger partial charge in [-0.25, -0.2) is 4.39 Å². The van der Waals surface area contributed by atoms with Gasteiger partial charge >= 0.3 is 0 Å². The lowest BCUT2D eigenvalue weighted by atomic mass is 10.1. The quantitative estimate of drug-likeness (QED) is 0.916. The highest BCUT2D eigenvalue weighted by atomic mass is 19.1. The first-order chi connectivity index (χ1) is 9.01. The second-order valence-corrected chi connectivity index (χ2v) is 4.44. The highest BCUT2D eigenvalue weighted by molar-refractivity contribution is 5.51. The van der Waals surface area contributed by atoms with Gasteiger partial charge in [-0.1, -0.05) is 5.16 Å². The van der Waals surface area contributed by atoms with E-state index in [0.717, 1.165) is 17.0 Å². The maximum Gasteiger partial charge on any atom is 0.139 e. The molecule has 1 aromatic heterocycles. The number of hydrogen-bond acceptors (Lipinski definition) is 4. The molecule has 0 fully saturated rings. The fourth-order valence-electron chi connectivity index (χ4n) is 2.17. The van der Waals surface area contributed by atoms with Crippen LogP contribution >= 0.6 is 0 Å². The minimum Gasteiger partial charge on any atom is -0.378 e. The van der Waals surface area contributed by atoms with Crippen molar-refractivity contribution in [2.24, 2.45) is 0 Å². The number of hydrogen-bond donors (Lipinski definition) is 1. The zero-order valence-electron chi connectivity index (χ0n) is 11.0. The van der Waals surface area contributed by atoms with Crippen molar-refractivity contribution < 1.29 is 8.91 Å². The van der Waals surface area contributed by atoms with Crippen LogP contribution in [0.2, 0.25) is 0 Å². The molecule has 98 valence electrons. The summed E-state index contributed by atoms with van der Waals surface area (Å²) in [6, 6.07) is 6.01. The number of rotatable bonds is 3. The van der Waals surface area contributed by atoms with E-state index in [9.17, 15) is 4.39 Å². The highest BCUT2D eigenvalue weighted by Gasteiger charge is 2.16. The summed E-state index contributed by atoms with van der Waals surface area (Å²) in [6.45, 7) is 5.62. The number of anilines is 1. The molecule has 0 amide bonds. The van der Waals surface area contributed by atoms with Crippen molar-refractivity contribution >= 4 is 5.69 Å². The van der Waals surface area contributed by atoms with Gasteiger partial charge in [0.1, 0.15) is 11.6 Å². The summed E-state index contributed by atoms with van der Waals surface area (Å²) in [5.74, 6) is 0.293. The van der Waals surface area contributed by atoms with E-state index in [1.54, 1.807) is 6.07 Å². The molecule has 0 aliphatic carbocycles. The monoisotopic (exact) mass is 259 g/mol. The lowest BCUT2D eigenvalue weighted by Gasteiger charge is -2.15. The van der Waals surface area contributed by atoms with Crippen LogP contribution in [-0.4, -0.2) is 5.16 Å². The van der Waals surface area contributed by atoms with Crippen LogP contribution in [0.25, 0.3) is 0 Å². The number of nitrogens with zero attached hydrogens (tertiary/aromatic N) is 2. The predicted molar refractivity (Wildman–Crippen MR) is 69.1 cm³/mol. The minimum atomic E-state index is -0.437. The molecule has 0 radical (unpaired) electrons. The van der Waals surface area contributed by atoms with Gasteiger partial charge in [0.15, 0.2) is 0 Å². The molecule has 1 unspecified atom stereocenters. The zero-order chi connectivity index (χ0) is 14.0. The number of nitriles is 1. The molecule has 0 bridgehead atoms. The first kappa shape index (κ1) is 13.1. The Balaban J connectivity index is 2.27. The van der Waals surface area contributed by atoms with Crippen LogP contribution in [0.4, 0.5) is 10.1 Å². The van der Waals surface area contributed by atoms with E-state index in [0.29, 0.717) is 5.69 Å². The van der Waals surface area contributed by atoms with Crippen LogP contribution in [0.3, 0.4) is 0 Å². The number of halogens is 1. The first-order valence-corrected chi connectivity index (χ1v) is 5.91. The molecule has 1 N–H and O–H groups in total. The average molecular weight is 259 g/mol. The molecular formula is C14H14FN3O. The van der Waals surface area contributed by atoms with E-state index < -0.39 is 5.82 Å². The summed E-state index contributed by atoms with van der Waals surface area (Å²) < 4.78 is 18.5. The lowest BCUT2D eigenvalue weighted by molar-refractivity contribution is 0.392. The fraction of sp³-hybridized carbons (Fsp3) is 0.286. The molecule has 4 nitrogen and oxygen atoms in total. The SMILES string of the molecule is Cc1noc(C)c1C(C)Nc1cc(F)cc(C#N)c1. The summed E-state index contributed by atoms with van der Waals surface area (Å²) in [5, 5.41) is 15.9. The maximum atomic E-state index is 13.3. The van der Waals surface area contributed by atoms with Gasteiger partial charge in [0.2, 0.25) is 0 Å². The molecule has 0 saturated carbocycles. The Morgan fingerprint density at radius 2 is 2.11 bits per heavy atom. The Labute approximate surface area is 110 Å². The number of aromatic nitrogens is 1. The van der Waals surface area contributed by atoms with Gasteiger partial charge in [0.05, 0.1) is 23.4 Å². The lowest BCUT2D eigenvalue weighted by Crippen LogP contribution is -2.08. The Kier molecular flexibility index (Phi) is 3.52. The maximum absolute atomic E-state index is 13.3. The van der Waals surface area contributed by atoms with E-state index in [1.807, 2.05) is 26.8 Å². The van der Waals surface area contributed by atoms with E-state index in [-0.39, 0.29) is 11.6 Å². The third-order valence-electron chi connectivity index (χ3n) is 2.93. The van der Waals surface area contributed by atoms with E-state index in [1.165, 1.54) is 12.1 Å². The van der Waals surface area contributed by atoms with E-state index in [4.69, 9.17) is 9.78 Å². The summed E-state index contributed by atoms with van der Waals surface area (Å²) in [5.41, 5.74) is 2.59. The number of aryl methyl sites for hydroxylation is 2. The Morgan fingerprint density at radius 3 is 2.68 bits per heavy atom. The molecule has 0 aliphatic heterocycles. The number of nitrogens with one attached hydrogen (secondary N) is 1. The summed E-state index contributed by atoms with van der Waals surface area (Å²) in [7, 11) is 0. The molecule has 2 aromatic rings. The minimum absolute atomic E-state index is 0.0837. The smallest absolute Gasteiger partial charge is 0.139 e. The second-order valence-electron chi connectivity index (χ2n) is 4.44. The Morgan fingerprint density at radius 1 is 1.37 bits per heavy atom.